The fourth-order valence-corrected chi connectivity index (χ4v) is 9.55. The number of rotatable bonds is 7. The van der Waals surface area contributed by atoms with Gasteiger partial charge in [-0.2, -0.15) is 0 Å². The van der Waals surface area contributed by atoms with Crippen molar-refractivity contribution < 1.29 is 38.6 Å². The number of hydrogen-bond acceptors (Lipinski definition) is 8. The van der Waals surface area contributed by atoms with Crippen LogP contribution in [0.1, 0.15) is 47.2 Å². The highest BCUT2D eigenvalue weighted by Gasteiger charge is 2.71. The summed E-state index contributed by atoms with van der Waals surface area (Å²) in [5.41, 5.74) is 1.26. The van der Waals surface area contributed by atoms with Gasteiger partial charge in [0.1, 0.15) is 17.2 Å². The molecule has 11 heteroatoms. The van der Waals surface area contributed by atoms with E-state index in [0.717, 1.165) is 0 Å². The van der Waals surface area contributed by atoms with Gasteiger partial charge in [0, 0.05) is 34.2 Å². The molecule has 2 aliphatic heterocycles. The number of carbonyl (C=O) groups excluding carboxylic acids is 5. The monoisotopic (exact) mass is 730 g/mol. The summed E-state index contributed by atoms with van der Waals surface area (Å²) in [5.74, 6) is -5.67. The highest BCUT2D eigenvalue weighted by atomic mass is 35.5. The van der Waals surface area contributed by atoms with Crippen molar-refractivity contribution >= 4 is 52.4 Å². The number of ether oxygens (including phenoxy) is 2. The number of benzene rings is 4. The van der Waals surface area contributed by atoms with Gasteiger partial charge in [0.25, 0.3) is 0 Å². The number of halogens is 1. The summed E-state index contributed by atoms with van der Waals surface area (Å²) in [6.45, 7) is 1.44. The SMILES string of the molecule is COc1cc(O)cc(OC)c1C1C2=CCC3C(=O)N(c4ccc(C(C)=O)cc4)C(=O)C3C2CC2C(=O)N(c3cccc(Cl)c3)C(=O)C21c1ccccc1. The third-order valence-corrected chi connectivity index (χ3v) is 11.8. The predicted molar refractivity (Wildman–Crippen MR) is 196 cm³/mol. The number of imide groups is 2. The maximum Gasteiger partial charge on any atom is 0.246 e. The fraction of sp³-hybridized carbons (Fsp3) is 0.262. The molecule has 0 aromatic heterocycles. The Morgan fingerprint density at radius 1 is 0.792 bits per heavy atom. The number of ketones is 1. The molecule has 4 aromatic carbocycles. The predicted octanol–water partition coefficient (Wildman–Crippen LogP) is 6.63. The van der Waals surface area contributed by atoms with Crippen LogP contribution in [-0.4, -0.2) is 48.7 Å². The van der Waals surface area contributed by atoms with E-state index in [2.05, 4.69) is 0 Å². The molecular formula is C42H35ClN2O8. The molecule has 8 rings (SSSR count). The van der Waals surface area contributed by atoms with E-state index < -0.39 is 52.7 Å². The van der Waals surface area contributed by atoms with Crippen molar-refractivity contribution in [1.29, 1.82) is 0 Å². The van der Waals surface area contributed by atoms with Gasteiger partial charge >= 0.3 is 0 Å². The van der Waals surface area contributed by atoms with Crippen molar-refractivity contribution in [2.24, 2.45) is 23.7 Å². The van der Waals surface area contributed by atoms with Gasteiger partial charge in [-0.3, -0.25) is 28.9 Å². The van der Waals surface area contributed by atoms with Gasteiger partial charge in [-0.25, -0.2) is 4.90 Å². The number of allylic oxidation sites excluding steroid dienone is 2. The van der Waals surface area contributed by atoms with Gasteiger partial charge in [0.2, 0.25) is 23.6 Å². The van der Waals surface area contributed by atoms with Crippen molar-refractivity contribution in [2.75, 3.05) is 24.0 Å². The maximum atomic E-state index is 15.5. The van der Waals surface area contributed by atoms with Crippen LogP contribution in [0.25, 0.3) is 0 Å². The molecule has 268 valence electrons. The molecule has 4 aliphatic rings. The van der Waals surface area contributed by atoms with E-state index in [1.54, 1.807) is 48.5 Å². The van der Waals surface area contributed by atoms with Crippen molar-refractivity contribution in [3.05, 3.63) is 124 Å². The van der Waals surface area contributed by atoms with Crippen molar-refractivity contribution in [2.45, 2.75) is 31.1 Å². The number of phenolic OH excluding ortho intramolecular Hbond substituents is 1. The van der Waals surface area contributed by atoms with Crippen LogP contribution in [-0.2, 0) is 24.6 Å². The topological polar surface area (TPSA) is 131 Å². The lowest BCUT2D eigenvalue weighted by Crippen LogP contribution is -2.53. The maximum absolute atomic E-state index is 15.5. The molecule has 6 unspecified atom stereocenters. The zero-order valence-electron chi connectivity index (χ0n) is 29.1. The number of phenols is 1. The van der Waals surface area contributed by atoms with Gasteiger partial charge in [0.15, 0.2) is 5.78 Å². The smallest absolute Gasteiger partial charge is 0.246 e. The minimum absolute atomic E-state index is 0.0961. The van der Waals surface area contributed by atoms with Crippen LogP contribution in [0.5, 0.6) is 17.2 Å². The molecular weight excluding hydrogens is 696 g/mol. The Morgan fingerprint density at radius 3 is 2.09 bits per heavy atom. The van der Waals surface area contributed by atoms with E-state index >= 15 is 9.59 Å². The van der Waals surface area contributed by atoms with Crippen LogP contribution >= 0.6 is 11.6 Å². The Balaban J connectivity index is 1.37. The van der Waals surface area contributed by atoms with E-state index in [1.165, 1.54) is 43.1 Å². The minimum Gasteiger partial charge on any atom is -0.508 e. The van der Waals surface area contributed by atoms with Gasteiger partial charge in [-0.1, -0.05) is 59.6 Å². The lowest BCUT2D eigenvalue weighted by atomic mass is 9.49. The molecule has 10 nitrogen and oxygen atoms in total. The van der Waals surface area contributed by atoms with Crippen LogP contribution in [0.15, 0.2) is 103 Å². The second kappa shape index (κ2) is 12.7. The van der Waals surface area contributed by atoms with Gasteiger partial charge in [-0.05, 0) is 73.7 Å². The number of hydrogen-bond donors (Lipinski definition) is 1. The second-order valence-electron chi connectivity index (χ2n) is 14.0. The summed E-state index contributed by atoms with van der Waals surface area (Å²) < 4.78 is 11.8. The van der Waals surface area contributed by atoms with Crippen molar-refractivity contribution in [1.82, 2.24) is 0 Å². The van der Waals surface area contributed by atoms with Gasteiger partial charge in [0.05, 0.1) is 48.8 Å². The number of fused-ring (bicyclic) bond motifs is 4. The summed E-state index contributed by atoms with van der Waals surface area (Å²) >= 11 is 6.41. The van der Waals surface area contributed by atoms with Crippen LogP contribution < -0.4 is 19.3 Å². The first-order valence-corrected chi connectivity index (χ1v) is 17.7. The first-order chi connectivity index (χ1) is 25.5. The van der Waals surface area contributed by atoms with Crippen LogP contribution in [0.4, 0.5) is 11.4 Å². The Hall–Kier alpha value is -5.74. The van der Waals surface area contributed by atoms with Crippen molar-refractivity contribution in [3.63, 3.8) is 0 Å². The first kappa shape index (κ1) is 34.4. The summed E-state index contributed by atoms with van der Waals surface area (Å²) in [4.78, 5) is 73.6. The molecule has 2 saturated heterocycles. The largest absolute Gasteiger partial charge is 0.508 e. The van der Waals surface area contributed by atoms with E-state index in [4.69, 9.17) is 21.1 Å². The summed E-state index contributed by atoms with van der Waals surface area (Å²) in [6.07, 6.45) is 2.24. The molecule has 0 spiro atoms. The minimum atomic E-state index is -1.57. The highest BCUT2D eigenvalue weighted by molar-refractivity contribution is 6.32. The molecule has 3 fully saturated rings. The standard InChI is InChI=1S/C42H35ClN2O8/c1-22(46)23-12-14-26(15-13-23)44-38(48)30-17-16-29-31(35(30)40(44)50)21-32-39(49)45(27-11-7-10-25(43)18-27)41(51)42(32,24-8-5-4-6-9-24)37(29)36-33(52-2)19-28(47)20-34(36)53-3/h4-16,18-20,30-32,35,37,47H,17,21H2,1-3H3. The van der Waals surface area contributed by atoms with E-state index in [0.29, 0.717) is 38.7 Å². The molecule has 2 heterocycles. The average Bonchev–Trinajstić information content (AvgIpc) is 3.55. The Kier molecular flexibility index (Phi) is 8.25. The number of amides is 4. The summed E-state index contributed by atoms with van der Waals surface area (Å²) in [7, 11) is 2.90. The fourth-order valence-electron chi connectivity index (χ4n) is 9.37. The molecule has 6 atom stereocenters. The number of nitrogens with zero attached hydrogens (tertiary/aromatic N) is 2. The molecule has 53 heavy (non-hydrogen) atoms. The number of aromatic hydroxyl groups is 1. The number of Topliss-reactive ketones (excluding diaryl/α,β-unsaturated/α-hetero) is 1. The number of anilines is 2. The lowest BCUT2D eigenvalue weighted by Gasteiger charge is -2.51. The average molecular weight is 731 g/mol. The zero-order chi connectivity index (χ0) is 37.3. The molecule has 1 saturated carbocycles. The lowest BCUT2D eigenvalue weighted by molar-refractivity contribution is -0.127. The normalized spacial score (nSPS) is 26.2. The van der Waals surface area contributed by atoms with E-state index in [1.807, 2.05) is 36.4 Å². The Morgan fingerprint density at radius 2 is 1.47 bits per heavy atom. The Bertz CT molecular complexity index is 2230. The van der Waals surface area contributed by atoms with Crippen LogP contribution in [0.2, 0.25) is 5.02 Å². The first-order valence-electron chi connectivity index (χ1n) is 17.4. The summed E-state index contributed by atoms with van der Waals surface area (Å²) in [5, 5.41) is 11.1. The second-order valence-corrected chi connectivity index (χ2v) is 14.4. The van der Waals surface area contributed by atoms with Gasteiger partial charge < -0.3 is 14.6 Å². The quantitative estimate of drug-likeness (QED) is 0.127. The number of carbonyl (C=O) groups is 5. The van der Waals surface area contributed by atoms with E-state index in [9.17, 15) is 19.5 Å². The summed E-state index contributed by atoms with van der Waals surface area (Å²) in [6, 6.07) is 24.9. The third-order valence-electron chi connectivity index (χ3n) is 11.5. The molecule has 1 N–H and O–H groups in total. The molecule has 2 aliphatic carbocycles. The zero-order valence-corrected chi connectivity index (χ0v) is 29.9. The Labute approximate surface area is 310 Å². The molecule has 4 aromatic rings. The van der Waals surface area contributed by atoms with Crippen molar-refractivity contribution in [3.8, 4) is 17.2 Å². The molecule has 0 radical (unpaired) electrons. The van der Waals surface area contributed by atoms with E-state index in [-0.39, 0.29) is 41.8 Å². The molecule has 4 amide bonds. The molecule has 0 bridgehead atoms. The third kappa shape index (κ3) is 4.95. The highest BCUT2D eigenvalue weighted by Crippen LogP contribution is 2.66. The van der Waals surface area contributed by atoms with Gasteiger partial charge in [-0.15, -0.1) is 0 Å². The number of methoxy groups -OCH3 is 2. The van der Waals surface area contributed by atoms with Crippen LogP contribution in [0.3, 0.4) is 0 Å². The van der Waals surface area contributed by atoms with Crippen LogP contribution in [0, 0.1) is 23.7 Å².